The van der Waals surface area contributed by atoms with Crippen molar-refractivity contribution < 1.29 is 19.0 Å². The van der Waals surface area contributed by atoms with Gasteiger partial charge in [-0.05, 0) is 44.4 Å². The van der Waals surface area contributed by atoms with Crippen LogP contribution in [0.3, 0.4) is 0 Å². The molecule has 1 aromatic carbocycles. The van der Waals surface area contributed by atoms with Crippen LogP contribution >= 0.6 is 23.2 Å². The third-order valence-electron chi connectivity index (χ3n) is 4.34. The number of carbonyl (C=O) groups is 1. The molecule has 1 amide bonds. The summed E-state index contributed by atoms with van der Waals surface area (Å²) >= 11 is 12.0. The van der Waals surface area contributed by atoms with Crippen molar-refractivity contribution in [1.82, 2.24) is 4.90 Å². The van der Waals surface area contributed by atoms with Gasteiger partial charge in [0.1, 0.15) is 5.75 Å². The van der Waals surface area contributed by atoms with Gasteiger partial charge in [-0.25, -0.2) is 0 Å². The molecule has 132 valence electrons. The molecule has 0 saturated carbocycles. The van der Waals surface area contributed by atoms with Crippen molar-refractivity contribution in [2.75, 3.05) is 19.8 Å². The van der Waals surface area contributed by atoms with Crippen LogP contribution < -0.4 is 4.74 Å². The van der Waals surface area contributed by atoms with E-state index in [1.54, 1.807) is 25.1 Å². The van der Waals surface area contributed by atoms with E-state index >= 15 is 0 Å². The van der Waals surface area contributed by atoms with Crippen molar-refractivity contribution in [3.8, 4) is 5.75 Å². The summed E-state index contributed by atoms with van der Waals surface area (Å²) in [5, 5.41) is 0.915. The summed E-state index contributed by atoms with van der Waals surface area (Å²) in [6.45, 7) is 3.58. The zero-order valence-corrected chi connectivity index (χ0v) is 15.1. The lowest BCUT2D eigenvalue weighted by Crippen LogP contribution is -2.53. The maximum absolute atomic E-state index is 12.9. The molecule has 2 aliphatic rings. The number of amides is 1. The van der Waals surface area contributed by atoms with Crippen LogP contribution in [-0.4, -0.2) is 49.0 Å². The van der Waals surface area contributed by atoms with Crippen molar-refractivity contribution in [2.45, 2.75) is 44.6 Å². The standard InChI is InChI=1S/C17H21Cl2NO4/c1-11(24-15-6-5-12(18)10-13(15)19)16(21)20-7-3-2-4-14(20)17-22-8-9-23-17/h5-6,10-11,14,17H,2-4,7-9H2,1H3. The van der Waals surface area contributed by atoms with Gasteiger partial charge in [-0.15, -0.1) is 0 Å². The highest BCUT2D eigenvalue weighted by molar-refractivity contribution is 6.35. The Morgan fingerprint density at radius 3 is 2.75 bits per heavy atom. The molecule has 2 aliphatic heterocycles. The first-order chi connectivity index (χ1) is 11.6. The number of ether oxygens (including phenoxy) is 3. The summed E-state index contributed by atoms with van der Waals surface area (Å²) < 4.78 is 17.0. The van der Waals surface area contributed by atoms with Gasteiger partial charge >= 0.3 is 0 Å². The second-order valence-corrected chi connectivity index (χ2v) is 6.88. The highest BCUT2D eigenvalue weighted by atomic mass is 35.5. The van der Waals surface area contributed by atoms with Gasteiger partial charge in [-0.2, -0.15) is 0 Å². The number of piperidine rings is 1. The lowest BCUT2D eigenvalue weighted by Gasteiger charge is -2.39. The molecule has 7 heteroatoms. The molecule has 0 aliphatic carbocycles. The van der Waals surface area contributed by atoms with E-state index in [4.69, 9.17) is 37.4 Å². The molecular formula is C17H21Cl2NO4. The number of likely N-dealkylation sites (tertiary alicyclic amines) is 1. The zero-order chi connectivity index (χ0) is 17.1. The number of rotatable bonds is 4. The van der Waals surface area contributed by atoms with E-state index in [-0.39, 0.29) is 18.2 Å². The number of hydrogen-bond donors (Lipinski definition) is 0. The van der Waals surface area contributed by atoms with Crippen LogP contribution in [0.2, 0.25) is 10.0 Å². The Morgan fingerprint density at radius 1 is 1.29 bits per heavy atom. The van der Waals surface area contributed by atoms with E-state index in [1.165, 1.54) is 0 Å². The summed E-state index contributed by atoms with van der Waals surface area (Å²) in [5.41, 5.74) is 0. The van der Waals surface area contributed by atoms with E-state index in [0.717, 1.165) is 19.3 Å². The van der Waals surface area contributed by atoms with Crippen molar-refractivity contribution in [2.24, 2.45) is 0 Å². The van der Waals surface area contributed by atoms with Crippen molar-refractivity contribution in [1.29, 1.82) is 0 Å². The number of hydrogen-bond acceptors (Lipinski definition) is 4. The van der Waals surface area contributed by atoms with E-state index in [2.05, 4.69) is 0 Å². The molecule has 0 radical (unpaired) electrons. The van der Waals surface area contributed by atoms with Gasteiger partial charge in [0.15, 0.2) is 12.4 Å². The Labute approximate surface area is 151 Å². The smallest absolute Gasteiger partial charge is 0.263 e. The van der Waals surface area contributed by atoms with Gasteiger partial charge in [0, 0.05) is 11.6 Å². The van der Waals surface area contributed by atoms with Gasteiger partial charge in [0.25, 0.3) is 5.91 Å². The summed E-state index contributed by atoms with van der Waals surface area (Å²) in [7, 11) is 0. The van der Waals surface area contributed by atoms with Crippen LogP contribution in [0.25, 0.3) is 0 Å². The zero-order valence-electron chi connectivity index (χ0n) is 13.5. The molecule has 2 unspecified atom stereocenters. The van der Waals surface area contributed by atoms with Crippen LogP contribution in [0, 0.1) is 0 Å². The molecule has 2 atom stereocenters. The maximum atomic E-state index is 12.9. The van der Waals surface area contributed by atoms with Gasteiger partial charge in [-0.3, -0.25) is 4.79 Å². The third kappa shape index (κ3) is 3.97. The summed E-state index contributed by atoms with van der Waals surface area (Å²) in [6.07, 6.45) is 1.94. The highest BCUT2D eigenvalue weighted by Crippen LogP contribution is 2.30. The summed E-state index contributed by atoms with van der Waals surface area (Å²) in [4.78, 5) is 14.7. The Kier molecular flexibility index (Phi) is 5.87. The normalized spacial score (nSPS) is 23.3. The summed E-state index contributed by atoms with van der Waals surface area (Å²) in [5.74, 6) is 0.369. The molecule has 2 saturated heterocycles. The number of benzene rings is 1. The molecule has 24 heavy (non-hydrogen) atoms. The first kappa shape index (κ1) is 17.8. The molecule has 1 aromatic rings. The molecule has 0 N–H and O–H groups in total. The number of halogens is 2. The second-order valence-electron chi connectivity index (χ2n) is 6.04. The lowest BCUT2D eigenvalue weighted by molar-refractivity contribution is -0.156. The SMILES string of the molecule is CC(Oc1ccc(Cl)cc1Cl)C(=O)N1CCCCC1C1OCCO1. The second kappa shape index (κ2) is 7.91. The van der Waals surface area contributed by atoms with E-state index in [0.29, 0.717) is 35.6 Å². The first-order valence-electron chi connectivity index (χ1n) is 8.21. The fraction of sp³-hybridized carbons (Fsp3) is 0.588. The van der Waals surface area contributed by atoms with Crippen LogP contribution in [0.15, 0.2) is 18.2 Å². The first-order valence-corrected chi connectivity index (χ1v) is 8.97. The average Bonchev–Trinajstić information content (AvgIpc) is 3.11. The Balaban J connectivity index is 1.68. The van der Waals surface area contributed by atoms with E-state index in [1.807, 2.05) is 4.90 Å². The number of nitrogens with zero attached hydrogens (tertiary/aromatic N) is 1. The van der Waals surface area contributed by atoms with Crippen LogP contribution in [0.1, 0.15) is 26.2 Å². The fourth-order valence-electron chi connectivity index (χ4n) is 3.16. The Bertz CT molecular complexity index is 592. The number of carbonyl (C=O) groups excluding carboxylic acids is 1. The van der Waals surface area contributed by atoms with Crippen molar-refractivity contribution >= 4 is 29.1 Å². The molecule has 0 aromatic heterocycles. The molecule has 2 fully saturated rings. The molecule has 2 heterocycles. The van der Waals surface area contributed by atoms with Crippen molar-refractivity contribution in [3.63, 3.8) is 0 Å². The van der Waals surface area contributed by atoms with Gasteiger partial charge < -0.3 is 19.1 Å². The summed E-state index contributed by atoms with van der Waals surface area (Å²) in [6, 6.07) is 4.90. The lowest BCUT2D eigenvalue weighted by atomic mass is 10.0. The van der Waals surface area contributed by atoms with Crippen LogP contribution in [0.5, 0.6) is 5.75 Å². The van der Waals surface area contributed by atoms with Gasteiger partial charge in [-0.1, -0.05) is 23.2 Å². The Morgan fingerprint density at radius 2 is 2.04 bits per heavy atom. The Hall–Kier alpha value is -1.01. The molecule has 5 nitrogen and oxygen atoms in total. The maximum Gasteiger partial charge on any atom is 0.263 e. The van der Waals surface area contributed by atoms with Crippen LogP contribution in [-0.2, 0) is 14.3 Å². The van der Waals surface area contributed by atoms with E-state index < -0.39 is 6.10 Å². The topological polar surface area (TPSA) is 48.0 Å². The highest BCUT2D eigenvalue weighted by Gasteiger charge is 2.38. The van der Waals surface area contributed by atoms with Gasteiger partial charge in [0.05, 0.1) is 24.3 Å². The third-order valence-corrected chi connectivity index (χ3v) is 4.87. The molecule has 0 bridgehead atoms. The minimum absolute atomic E-state index is 0.0551. The predicted molar refractivity (Wildman–Crippen MR) is 91.6 cm³/mol. The fourth-order valence-corrected chi connectivity index (χ4v) is 3.61. The van der Waals surface area contributed by atoms with E-state index in [9.17, 15) is 4.79 Å². The van der Waals surface area contributed by atoms with Crippen molar-refractivity contribution in [3.05, 3.63) is 28.2 Å². The minimum Gasteiger partial charge on any atom is -0.479 e. The van der Waals surface area contributed by atoms with Crippen LogP contribution in [0.4, 0.5) is 0 Å². The monoisotopic (exact) mass is 373 g/mol. The molecular weight excluding hydrogens is 353 g/mol. The van der Waals surface area contributed by atoms with Gasteiger partial charge in [0.2, 0.25) is 0 Å². The largest absolute Gasteiger partial charge is 0.479 e. The quantitative estimate of drug-likeness (QED) is 0.809. The molecule has 0 spiro atoms. The average molecular weight is 374 g/mol. The molecule has 3 rings (SSSR count). The predicted octanol–water partition coefficient (Wildman–Crippen LogP) is 3.51. The minimum atomic E-state index is -0.648.